The molecule has 0 aliphatic heterocycles. The van der Waals surface area contributed by atoms with E-state index in [4.69, 9.17) is 4.42 Å². The van der Waals surface area contributed by atoms with Crippen molar-refractivity contribution in [2.75, 3.05) is 7.05 Å². The van der Waals surface area contributed by atoms with Gasteiger partial charge in [0.15, 0.2) is 5.76 Å². The molecular weight excluding hydrogens is 324 g/mol. The van der Waals surface area contributed by atoms with Crippen molar-refractivity contribution < 1.29 is 9.21 Å². The first-order valence-electron chi connectivity index (χ1n) is 8.61. The van der Waals surface area contributed by atoms with Crippen molar-refractivity contribution in [3.05, 3.63) is 77.3 Å². The molecule has 26 heavy (non-hydrogen) atoms. The van der Waals surface area contributed by atoms with Crippen LogP contribution in [0.3, 0.4) is 0 Å². The highest BCUT2D eigenvalue weighted by Crippen LogP contribution is 2.27. The standard InChI is InChI=1S/C22H20N2O2/c1-14-7-8-20-19(11-14)15(2)21(26-20)22(25)24(3)13-17-6-4-5-16-12-23-10-9-18(16)17/h4-12H,13H2,1-3H3. The number of nitrogens with zero attached hydrogens (tertiary/aromatic N) is 2. The van der Waals surface area contributed by atoms with Crippen LogP contribution in [0.4, 0.5) is 0 Å². The molecule has 0 bridgehead atoms. The molecule has 2 aromatic heterocycles. The maximum atomic E-state index is 13.0. The van der Waals surface area contributed by atoms with E-state index in [2.05, 4.69) is 11.1 Å². The summed E-state index contributed by atoms with van der Waals surface area (Å²) in [6.45, 7) is 4.49. The molecular formula is C22H20N2O2. The van der Waals surface area contributed by atoms with E-state index in [1.54, 1.807) is 18.1 Å². The average molecular weight is 344 g/mol. The lowest BCUT2D eigenvalue weighted by Gasteiger charge is -2.17. The number of amides is 1. The lowest BCUT2D eigenvalue weighted by molar-refractivity contribution is 0.0755. The van der Waals surface area contributed by atoms with E-state index in [0.717, 1.165) is 38.4 Å². The van der Waals surface area contributed by atoms with E-state index < -0.39 is 0 Å². The second-order valence-corrected chi connectivity index (χ2v) is 6.73. The van der Waals surface area contributed by atoms with Crippen LogP contribution in [0.5, 0.6) is 0 Å². The molecule has 4 aromatic rings. The van der Waals surface area contributed by atoms with E-state index in [9.17, 15) is 4.79 Å². The predicted octanol–water partition coefficient (Wildman–Crippen LogP) is 4.87. The van der Waals surface area contributed by atoms with E-state index in [-0.39, 0.29) is 5.91 Å². The van der Waals surface area contributed by atoms with Gasteiger partial charge in [0.25, 0.3) is 5.91 Å². The molecule has 0 saturated carbocycles. The lowest BCUT2D eigenvalue weighted by Crippen LogP contribution is -2.26. The zero-order valence-electron chi connectivity index (χ0n) is 15.1. The van der Waals surface area contributed by atoms with Crippen LogP contribution in [0.2, 0.25) is 0 Å². The molecule has 4 nitrogen and oxygen atoms in total. The van der Waals surface area contributed by atoms with Crippen LogP contribution in [-0.4, -0.2) is 22.8 Å². The van der Waals surface area contributed by atoms with Gasteiger partial charge in [-0.25, -0.2) is 0 Å². The van der Waals surface area contributed by atoms with Gasteiger partial charge in [0.05, 0.1) is 0 Å². The SMILES string of the molecule is Cc1ccc2oc(C(=O)N(C)Cc3cccc4cnccc34)c(C)c2c1. The van der Waals surface area contributed by atoms with Crippen molar-refractivity contribution in [1.82, 2.24) is 9.88 Å². The first kappa shape index (κ1) is 16.3. The van der Waals surface area contributed by atoms with E-state index in [0.29, 0.717) is 12.3 Å². The number of carbonyl (C=O) groups excluding carboxylic acids is 1. The van der Waals surface area contributed by atoms with Gasteiger partial charge in [-0.05, 0) is 43.0 Å². The van der Waals surface area contributed by atoms with E-state index >= 15 is 0 Å². The minimum absolute atomic E-state index is 0.109. The monoisotopic (exact) mass is 344 g/mol. The maximum absolute atomic E-state index is 13.0. The normalized spacial score (nSPS) is 11.2. The summed E-state index contributed by atoms with van der Waals surface area (Å²) in [5.74, 6) is 0.303. The molecule has 1 amide bonds. The first-order chi connectivity index (χ1) is 12.5. The molecule has 0 radical (unpaired) electrons. The molecule has 0 aliphatic rings. The molecule has 4 heteroatoms. The Labute approximate surface area is 152 Å². The van der Waals surface area contributed by atoms with Gasteiger partial charge >= 0.3 is 0 Å². The van der Waals surface area contributed by atoms with Gasteiger partial charge in [-0.15, -0.1) is 0 Å². The zero-order chi connectivity index (χ0) is 18.3. The van der Waals surface area contributed by atoms with Crippen LogP contribution in [0.1, 0.15) is 27.2 Å². The summed E-state index contributed by atoms with van der Waals surface area (Å²) in [6, 6.07) is 14.0. The van der Waals surface area contributed by atoms with Crippen molar-refractivity contribution in [3.8, 4) is 0 Å². The molecule has 2 aromatic carbocycles. The molecule has 0 spiro atoms. The second kappa shape index (κ2) is 6.30. The van der Waals surface area contributed by atoms with Crippen molar-refractivity contribution >= 4 is 27.6 Å². The Bertz CT molecular complexity index is 1120. The van der Waals surface area contributed by atoms with Gasteiger partial charge in [-0.2, -0.15) is 0 Å². The number of aromatic nitrogens is 1. The van der Waals surface area contributed by atoms with E-state index in [1.807, 2.05) is 56.4 Å². The van der Waals surface area contributed by atoms with Crippen molar-refractivity contribution in [1.29, 1.82) is 0 Å². The molecule has 2 heterocycles. The smallest absolute Gasteiger partial charge is 0.289 e. The Morgan fingerprint density at radius 2 is 1.96 bits per heavy atom. The van der Waals surface area contributed by atoms with Crippen LogP contribution < -0.4 is 0 Å². The summed E-state index contributed by atoms with van der Waals surface area (Å²) in [6.07, 6.45) is 3.62. The fourth-order valence-corrected chi connectivity index (χ4v) is 3.37. The number of fused-ring (bicyclic) bond motifs is 2. The van der Waals surface area contributed by atoms with Gasteiger partial charge < -0.3 is 9.32 Å². The number of aryl methyl sites for hydroxylation is 2. The van der Waals surface area contributed by atoms with Gasteiger partial charge in [0.2, 0.25) is 0 Å². The minimum atomic E-state index is -0.109. The topological polar surface area (TPSA) is 46.3 Å². The minimum Gasteiger partial charge on any atom is -0.451 e. The quantitative estimate of drug-likeness (QED) is 0.533. The molecule has 0 fully saturated rings. The van der Waals surface area contributed by atoms with Crippen LogP contribution in [-0.2, 0) is 6.54 Å². The number of benzene rings is 2. The fraction of sp³-hybridized carbons (Fsp3) is 0.182. The van der Waals surface area contributed by atoms with Crippen molar-refractivity contribution in [2.45, 2.75) is 20.4 Å². The Hall–Kier alpha value is -3.14. The zero-order valence-corrected chi connectivity index (χ0v) is 15.1. The molecule has 0 saturated heterocycles. The molecule has 130 valence electrons. The van der Waals surface area contributed by atoms with Crippen LogP contribution >= 0.6 is 0 Å². The largest absolute Gasteiger partial charge is 0.451 e. The van der Waals surface area contributed by atoms with Crippen molar-refractivity contribution in [3.63, 3.8) is 0 Å². The summed E-state index contributed by atoms with van der Waals surface area (Å²) in [5.41, 5.74) is 3.88. The Balaban J connectivity index is 1.67. The predicted molar refractivity (Wildman–Crippen MR) is 103 cm³/mol. The molecule has 0 N–H and O–H groups in total. The Morgan fingerprint density at radius 3 is 2.81 bits per heavy atom. The highest BCUT2D eigenvalue weighted by atomic mass is 16.3. The number of hydrogen-bond acceptors (Lipinski definition) is 3. The van der Waals surface area contributed by atoms with Crippen LogP contribution in [0.25, 0.3) is 21.7 Å². The third kappa shape index (κ3) is 2.73. The summed E-state index contributed by atoms with van der Waals surface area (Å²) in [7, 11) is 1.81. The summed E-state index contributed by atoms with van der Waals surface area (Å²) in [5, 5.41) is 3.18. The highest BCUT2D eigenvalue weighted by Gasteiger charge is 2.21. The number of hydrogen-bond donors (Lipinski definition) is 0. The third-order valence-corrected chi connectivity index (χ3v) is 4.81. The molecule has 0 aliphatic carbocycles. The Morgan fingerprint density at radius 1 is 1.12 bits per heavy atom. The molecule has 0 atom stereocenters. The van der Waals surface area contributed by atoms with Gasteiger partial charge in [-0.3, -0.25) is 9.78 Å². The summed E-state index contributed by atoms with van der Waals surface area (Å²) in [4.78, 5) is 18.8. The summed E-state index contributed by atoms with van der Waals surface area (Å²) < 4.78 is 5.86. The molecule has 4 rings (SSSR count). The summed E-state index contributed by atoms with van der Waals surface area (Å²) >= 11 is 0. The van der Waals surface area contributed by atoms with Gasteiger partial charge in [0, 0.05) is 42.3 Å². The average Bonchev–Trinajstić information content (AvgIpc) is 2.97. The number of rotatable bonds is 3. The number of furan rings is 1. The maximum Gasteiger partial charge on any atom is 0.289 e. The number of carbonyl (C=O) groups is 1. The lowest BCUT2D eigenvalue weighted by atomic mass is 10.1. The van der Waals surface area contributed by atoms with Gasteiger partial charge in [-0.1, -0.05) is 29.8 Å². The fourth-order valence-electron chi connectivity index (χ4n) is 3.37. The third-order valence-electron chi connectivity index (χ3n) is 4.81. The second-order valence-electron chi connectivity index (χ2n) is 6.73. The Kier molecular flexibility index (Phi) is 3.96. The highest BCUT2D eigenvalue weighted by molar-refractivity contribution is 5.99. The van der Waals surface area contributed by atoms with Crippen molar-refractivity contribution in [2.24, 2.45) is 0 Å². The van der Waals surface area contributed by atoms with Crippen LogP contribution in [0, 0.1) is 13.8 Å². The molecule has 0 unspecified atom stereocenters. The first-order valence-corrected chi connectivity index (χ1v) is 8.61. The van der Waals surface area contributed by atoms with Crippen LogP contribution in [0.15, 0.2) is 59.3 Å². The number of pyridine rings is 1. The van der Waals surface area contributed by atoms with E-state index in [1.165, 1.54) is 0 Å². The van der Waals surface area contributed by atoms with Gasteiger partial charge in [0.1, 0.15) is 5.58 Å².